The molecule has 0 unspecified atom stereocenters. The topological polar surface area (TPSA) is 65.5 Å². The highest BCUT2D eigenvalue weighted by Gasteiger charge is 2.42. The average molecular weight is 344 g/mol. The minimum atomic E-state index is -4.30. The number of carbonyl (C=O) groups excluding carboxylic acids is 2. The zero-order chi connectivity index (χ0) is 17.9. The van der Waals surface area contributed by atoms with Crippen molar-refractivity contribution in [1.29, 1.82) is 0 Å². The summed E-state index contributed by atoms with van der Waals surface area (Å²) >= 11 is 0. The van der Waals surface area contributed by atoms with Crippen LogP contribution in [0.3, 0.4) is 0 Å². The number of rotatable bonds is 2. The summed E-state index contributed by atoms with van der Waals surface area (Å²) in [6.45, 7) is -0.0864. The summed E-state index contributed by atoms with van der Waals surface area (Å²) in [5.74, 6) is -1.83. The molecule has 1 fully saturated rings. The predicted octanol–water partition coefficient (Wildman–Crippen LogP) is 2.59. The number of halogens is 3. The lowest BCUT2D eigenvalue weighted by Crippen LogP contribution is -2.46. The van der Waals surface area contributed by atoms with Crippen LogP contribution in [0.2, 0.25) is 0 Å². The quantitative estimate of drug-likeness (QED) is 0.897. The Hall–Kier alpha value is -2.32. The van der Waals surface area contributed by atoms with E-state index in [1.165, 1.54) is 23.2 Å². The van der Waals surface area contributed by atoms with Crippen molar-refractivity contribution in [2.75, 3.05) is 32.5 Å². The van der Waals surface area contributed by atoms with Crippen LogP contribution in [0.4, 0.5) is 23.7 Å². The van der Waals surface area contributed by atoms with Gasteiger partial charge in [-0.25, -0.2) is 4.79 Å². The third kappa shape index (κ3) is 4.36. The van der Waals surface area contributed by atoms with Crippen molar-refractivity contribution < 1.29 is 22.8 Å². The normalized spacial score (nSPS) is 18.2. The second kappa shape index (κ2) is 7.06. The predicted molar refractivity (Wildman–Crippen MR) is 81.6 cm³/mol. The molecule has 1 aliphatic rings. The highest BCUT2D eigenvalue weighted by Crippen LogP contribution is 2.33. The number of aromatic nitrogens is 1. The summed E-state index contributed by atoms with van der Waals surface area (Å²) in [6.07, 6.45) is -2.61. The van der Waals surface area contributed by atoms with E-state index in [1.807, 2.05) is 0 Å². The van der Waals surface area contributed by atoms with Gasteiger partial charge in [-0.1, -0.05) is 0 Å². The molecule has 3 amide bonds. The van der Waals surface area contributed by atoms with Crippen LogP contribution in [0, 0.1) is 5.92 Å². The van der Waals surface area contributed by atoms with E-state index < -0.39 is 18.1 Å². The largest absolute Gasteiger partial charge is 0.393 e. The Labute approximate surface area is 137 Å². The number of likely N-dealkylation sites (tertiary alicyclic amines) is 1. The van der Waals surface area contributed by atoms with E-state index in [0.29, 0.717) is 12.1 Å². The number of amides is 3. The fraction of sp³-hybridized carbons (Fsp3) is 0.533. The molecule has 1 aromatic rings. The Morgan fingerprint density at radius 1 is 1.38 bits per heavy atom. The number of hydrogen-bond acceptors (Lipinski definition) is 3. The fourth-order valence-corrected chi connectivity index (χ4v) is 2.49. The first-order valence-corrected chi connectivity index (χ1v) is 7.49. The third-order valence-electron chi connectivity index (χ3n) is 3.81. The summed E-state index contributed by atoms with van der Waals surface area (Å²) < 4.78 is 38.4. The number of alkyl halides is 3. The first-order chi connectivity index (χ1) is 11.2. The molecule has 0 spiro atoms. The maximum atomic E-state index is 12.8. The summed E-state index contributed by atoms with van der Waals surface area (Å²) in [4.78, 5) is 30.4. The van der Waals surface area contributed by atoms with E-state index in [4.69, 9.17) is 0 Å². The molecule has 1 aliphatic heterocycles. The molecular formula is C15H19F3N4O2. The van der Waals surface area contributed by atoms with E-state index >= 15 is 0 Å². The molecule has 1 N–H and O–H groups in total. The van der Waals surface area contributed by atoms with Crippen molar-refractivity contribution in [3.63, 3.8) is 0 Å². The van der Waals surface area contributed by atoms with Crippen molar-refractivity contribution in [2.45, 2.75) is 19.0 Å². The highest BCUT2D eigenvalue weighted by atomic mass is 19.4. The summed E-state index contributed by atoms with van der Waals surface area (Å²) in [6, 6.07) is 2.26. The van der Waals surface area contributed by atoms with E-state index in [0.717, 1.165) is 4.90 Å². The van der Waals surface area contributed by atoms with Crippen LogP contribution in [-0.4, -0.2) is 60.1 Å². The van der Waals surface area contributed by atoms with Gasteiger partial charge in [0, 0.05) is 39.1 Å². The first kappa shape index (κ1) is 18.0. The lowest BCUT2D eigenvalue weighted by Gasteiger charge is -2.33. The van der Waals surface area contributed by atoms with Crippen LogP contribution in [0.1, 0.15) is 23.3 Å². The molecule has 6 nitrogen and oxygen atoms in total. The van der Waals surface area contributed by atoms with Crippen molar-refractivity contribution >= 4 is 17.6 Å². The van der Waals surface area contributed by atoms with Gasteiger partial charge in [-0.05, 0) is 25.0 Å². The Bertz CT molecular complexity index is 619. The summed E-state index contributed by atoms with van der Waals surface area (Å²) in [5.41, 5.74) is 0.457. The van der Waals surface area contributed by atoms with E-state index in [2.05, 4.69) is 10.3 Å². The molecule has 0 aromatic carbocycles. The van der Waals surface area contributed by atoms with Crippen LogP contribution >= 0.6 is 0 Å². The molecule has 132 valence electrons. The minimum Gasteiger partial charge on any atom is -0.343 e. The summed E-state index contributed by atoms with van der Waals surface area (Å²) in [5, 5.41) is 2.53. The fourth-order valence-electron chi connectivity index (χ4n) is 2.49. The number of anilines is 1. The maximum Gasteiger partial charge on any atom is 0.393 e. The number of pyridine rings is 1. The number of nitrogens with zero attached hydrogens (tertiary/aromatic N) is 3. The Morgan fingerprint density at radius 2 is 2.08 bits per heavy atom. The van der Waals surface area contributed by atoms with Crippen LogP contribution in [0.5, 0.6) is 0 Å². The van der Waals surface area contributed by atoms with Crippen molar-refractivity contribution in [3.8, 4) is 0 Å². The smallest absolute Gasteiger partial charge is 0.343 e. The van der Waals surface area contributed by atoms with Gasteiger partial charge in [-0.2, -0.15) is 13.2 Å². The Balaban J connectivity index is 2.04. The molecule has 1 atom stereocenters. The highest BCUT2D eigenvalue weighted by molar-refractivity contribution is 5.95. The number of carbonyl (C=O) groups is 2. The van der Waals surface area contributed by atoms with Crippen molar-refractivity contribution in [3.05, 3.63) is 24.0 Å². The van der Waals surface area contributed by atoms with E-state index in [9.17, 15) is 22.8 Å². The third-order valence-corrected chi connectivity index (χ3v) is 3.81. The number of hydrogen-bond donors (Lipinski definition) is 1. The summed E-state index contributed by atoms with van der Waals surface area (Å²) in [7, 11) is 3.14. The zero-order valence-corrected chi connectivity index (χ0v) is 13.4. The lowest BCUT2D eigenvalue weighted by atomic mass is 9.98. The standard InChI is InChI=1S/C15H19F3N4O2/c1-21(2)13(23)12-8-11(5-6-19-12)20-14(24)22-7-3-4-10(9-22)15(16,17)18/h5-6,8,10H,3-4,7,9H2,1-2H3,(H,19,20,24)/t10-/m0/s1. The molecule has 2 rings (SSSR count). The molecule has 9 heteroatoms. The molecule has 0 bridgehead atoms. The molecule has 24 heavy (non-hydrogen) atoms. The van der Waals surface area contributed by atoms with Gasteiger partial charge in [0.1, 0.15) is 5.69 Å². The molecule has 0 aliphatic carbocycles. The number of piperidine rings is 1. The molecule has 0 radical (unpaired) electrons. The average Bonchev–Trinajstić information content (AvgIpc) is 2.53. The molecule has 1 aromatic heterocycles. The van der Waals surface area contributed by atoms with E-state index in [-0.39, 0.29) is 31.1 Å². The van der Waals surface area contributed by atoms with Gasteiger partial charge in [0.2, 0.25) is 0 Å². The van der Waals surface area contributed by atoms with Gasteiger partial charge >= 0.3 is 12.2 Å². The van der Waals surface area contributed by atoms with Crippen LogP contribution < -0.4 is 5.32 Å². The van der Waals surface area contributed by atoms with Gasteiger partial charge in [0.25, 0.3) is 5.91 Å². The van der Waals surface area contributed by atoms with Gasteiger partial charge < -0.3 is 15.1 Å². The van der Waals surface area contributed by atoms with Crippen LogP contribution in [0.25, 0.3) is 0 Å². The second-order valence-electron chi connectivity index (χ2n) is 5.89. The first-order valence-electron chi connectivity index (χ1n) is 7.49. The minimum absolute atomic E-state index is 0.0318. The maximum absolute atomic E-state index is 12.8. The molecule has 1 saturated heterocycles. The van der Waals surface area contributed by atoms with Gasteiger partial charge in [-0.3, -0.25) is 9.78 Å². The molecule has 2 heterocycles. The van der Waals surface area contributed by atoms with Crippen LogP contribution in [0.15, 0.2) is 18.3 Å². The molecule has 0 saturated carbocycles. The van der Waals surface area contributed by atoms with E-state index in [1.54, 1.807) is 14.1 Å². The molecular weight excluding hydrogens is 325 g/mol. The second-order valence-corrected chi connectivity index (χ2v) is 5.89. The Kier molecular flexibility index (Phi) is 5.30. The monoisotopic (exact) mass is 344 g/mol. The zero-order valence-electron chi connectivity index (χ0n) is 13.4. The van der Waals surface area contributed by atoms with Crippen molar-refractivity contribution in [1.82, 2.24) is 14.8 Å². The lowest BCUT2D eigenvalue weighted by molar-refractivity contribution is -0.183. The van der Waals surface area contributed by atoms with Gasteiger partial charge in [0.15, 0.2) is 0 Å². The van der Waals surface area contributed by atoms with Crippen molar-refractivity contribution in [2.24, 2.45) is 5.92 Å². The number of urea groups is 1. The van der Waals surface area contributed by atoms with Crippen LogP contribution in [-0.2, 0) is 0 Å². The Morgan fingerprint density at radius 3 is 2.71 bits per heavy atom. The SMILES string of the molecule is CN(C)C(=O)c1cc(NC(=O)N2CCC[C@H](C(F)(F)F)C2)ccn1. The van der Waals surface area contributed by atoms with Gasteiger partial charge in [0.05, 0.1) is 5.92 Å². The van der Waals surface area contributed by atoms with Gasteiger partial charge in [-0.15, -0.1) is 0 Å². The number of nitrogens with one attached hydrogen (secondary N) is 1.